The maximum Gasteiger partial charge on any atom is 0.425 e. The van der Waals surface area contributed by atoms with E-state index in [1.165, 1.54) is 14.0 Å². The summed E-state index contributed by atoms with van der Waals surface area (Å²) in [5.41, 5.74) is 3.56. The lowest BCUT2D eigenvalue weighted by atomic mass is 10.1. The van der Waals surface area contributed by atoms with Crippen molar-refractivity contribution in [1.29, 1.82) is 0 Å². The molecule has 0 fully saturated rings. The summed E-state index contributed by atoms with van der Waals surface area (Å²) in [6, 6.07) is 4.94. The van der Waals surface area contributed by atoms with Crippen molar-refractivity contribution in [3.8, 4) is 11.5 Å². The van der Waals surface area contributed by atoms with Gasteiger partial charge in [-0.2, -0.15) is 13.2 Å². The number of rotatable bonds is 11. The molecule has 0 aliphatic carbocycles. The highest BCUT2D eigenvalue weighted by Crippen LogP contribution is 2.35. The van der Waals surface area contributed by atoms with Crippen LogP contribution in [0.3, 0.4) is 0 Å². The molecule has 0 spiro atoms. The third kappa shape index (κ3) is 8.40. The van der Waals surface area contributed by atoms with Crippen molar-refractivity contribution in [2.75, 3.05) is 20.3 Å². The summed E-state index contributed by atoms with van der Waals surface area (Å²) in [4.78, 5) is 21.2. The van der Waals surface area contributed by atoms with E-state index in [4.69, 9.17) is 14.3 Å². The van der Waals surface area contributed by atoms with Crippen LogP contribution in [0, 0.1) is 0 Å². The van der Waals surface area contributed by atoms with Gasteiger partial charge in [0.2, 0.25) is 6.61 Å². The number of hydroxylamine groups is 1. The number of carbonyl (C=O) groups is 1. The molecule has 0 radical (unpaired) electrons. The van der Waals surface area contributed by atoms with Gasteiger partial charge < -0.3 is 14.3 Å². The van der Waals surface area contributed by atoms with E-state index in [1.54, 1.807) is 25.1 Å². The highest BCUT2D eigenvalue weighted by Gasteiger charge is 2.28. The average Bonchev–Trinajstić information content (AvgIpc) is 2.63. The van der Waals surface area contributed by atoms with Crippen molar-refractivity contribution < 1.29 is 37.1 Å². The van der Waals surface area contributed by atoms with Crippen molar-refractivity contribution in [1.82, 2.24) is 5.48 Å². The Bertz CT molecular complexity index is 692. The molecule has 1 atom stereocenters. The number of carbonyl (C=O) groups excluding carboxylic acids is 1. The summed E-state index contributed by atoms with van der Waals surface area (Å²) in [6.45, 7) is 5.43. The van der Waals surface area contributed by atoms with Crippen LogP contribution in [-0.4, -0.2) is 38.1 Å². The smallest absolute Gasteiger partial charge is 0.425 e. The SMILES string of the molecule is C=CC(=O)Oc1cccc(OC)c1C(C)ONCCC(C)=NOCC(F)(F)F. The molecule has 0 bridgehead atoms. The molecule has 1 unspecified atom stereocenters. The summed E-state index contributed by atoms with van der Waals surface area (Å²) < 4.78 is 46.4. The van der Waals surface area contributed by atoms with Crippen LogP contribution in [-0.2, 0) is 14.5 Å². The number of hydrogen-bond donors (Lipinski definition) is 1. The van der Waals surface area contributed by atoms with Crippen LogP contribution in [0.15, 0.2) is 36.0 Å². The molecule has 1 N–H and O–H groups in total. The summed E-state index contributed by atoms with van der Waals surface area (Å²) in [5, 5.41) is 3.38. The minimum Gasteiger partial charge on any atom is -0.496 e. The van der Waals surface area contributed by atoms with E-state index in [1.807, 2.05) is 0 Å². The molecule has 0 amide bonds. The summed E-state index contributed by atoms with van der Waals surface area (Å²) in [6.07, 6.45) is -3.66. The van der Waals surface area contributed by atoms with Crippen LogP contribution in [0.2, 0.25) is 0 Å². The quantitative estimate of drug-likeness (QED) is 0.151. The minimum atomic E-state index is -4.43. The topological polar surface area (TPSA) is 78.4 Å². The zero-order valence-corrected chi connectivity index (χ0v) is 15.8. The van der Waals surface area contributed by atoms with Gasteiger partial charge in [0.15, 0.2) is 0 Å². The number of nitrogens with zero attached hydrogens (tertiary/aromatic N) is 1. The predicted molar refractivity (Wildman–Crippen MR) is 96.1 cm³/mol. The van der Waals surface area contributed by atoms with Gasteiger partial charge >= 0.3 is 12.1 Å². The fourth-order valence-electron chi connectivity index (χ4n) is 2.08. The first kappa shape index (κ1) is 23.4. The number of benzene rings is 1. The Balaban J connectivity index is 2.61. The van der Waals surface area contributed by atoms with Gasteiger partial charge in [0, 0.05) is 19.0 Å². The van der Waals surface area contributed by atoms with Gasteiger partial charge in [0.25, 0.3) is 0 Å². The van der Waals surface area contributed by atoms with Crippen molar-refractivity contribution in [2.24, 2.45) is 5.16 Å². The number of nitrogens with one attached hydrogen (secondary N) is 1. The van der Waals surface area contributed by atoms with Crippen LogP contribution < -0.4 is 15.0 Å². The van der Waals surface area contributed by atoms with Gasteiger partial charge in [-0.05, 0) is 26.0 Å². The third-order valence-electron chi connectivity index (χ3n) is 3.33. The lowest BCUT2D eigenvalue weighted by Crippen LogP contribution is -2.21. The van der Waals surface area contributed by atoms with Gasteiger partial charge in [0.05, 0.1) is 18.4 Å². The molecule has 0 aliphatic rings. The molecule has 0 aliphatic heterocycles. The Labute approximate surface area is 161 Å². The summed E-state index contributed by atoms with van der Waals surface area (Å²) >= 11 is 0. The lowest BCUT2D eigenvalue weighted by Gasteiger charge is -2.19. The Hall–Kier alpha value is -2.59. The van der Waals surface area contributed by atoms with E-state index in [9.17, 15) is 18.0 Å². The second-order valence-corrected chi connectivity index (χ2v) is 5.62. The van der Waals surface area contributed by atoms with Crippen molar-refractivity contribution in [3.63, 3.8) is 0 Å². The highest BCUT2D eigenvalue weighted by atomic mass is 19.4. The molecule has 1 aromatic carbocycles. The maximum absolute atomic E-state index is 12.0. The molecular weight excluding hydrogens is 381 g/mol. The normalized spacial score (nSPS) is 13.0. The highest BCUT2D eigenvalue weighted by molar-refractivity contribution is 5.83. The zero-order valence-electron chi connectivity index (χ0n) is 15.8. The van der Waals surface area contributed by atoms with Crippen molar-refractivity contribution in [3.05, 3.63) is 36.4 Å². The van der Waals surface area contributed by atoms with Crippen LogP contribution in [0.4, 0.5) is 13.2 Å². The molecule has 0 aromatic heterocycles. The zero-order chi connectivity index (χ0) is 21.2. The van der Waals surface area contributed by atoms with E-state index in [-0.39, 0.29) is 12.3 Å². The van der Waals surface area contributed by atoms with Crippen LogP contribution in [0.25, 0.3) is 0 Å². The first-order valence-electron chi connectivity index (χ1n) is 8.29. The predicted octanol–water partition coefficient (Wildman–Crippen LogP) is 3.71. The average molecular weight is 404 g/mol. The second-order valence-electron chi connectivity index (χ2n) is 5.62. The second kappa shape index (κ2) is 11.3. The summed E-state index contributed by atoms with van der Waals surface area (Å²) in [5.74, 6) is 0.0964. The van der Waals surface area contributed by atoms with E-state index in [0.29, 0.717) is 23.4 Å². The molecule has 1 rings (SSSR count). The Morgan fingerprint density at radius 3 is 2.64 bits per heavy atom. The van der Waals surface area contributed by atoms with E-state index in [0.717, 1.165) is 6.08 Å². The molecular formula is C18H23F3N2O5. The minimum absolute atomic E-state index is 0.261. The van der Waals surface area contributed by atoms with E-state index in [2.05, 4.69) is 22.1 Å². The van der Waals surface area contributed by atoms with Gasteiger partial charge in [0.1, 0.15) is 17.6 Å². The van der Waals surface area contributed by atoms with E-state index >= 15 is 0 Å². The molecule has 1 aromatic rings. The molecule has 156 valence electrons. The van der Waals surface area contributed by atoms with Crippen LogP contribution >= 0.6 is 0 Å². The van der Waals surface area contributed by atoms with Gasteiger partial charge in [-0.25, -0.2) is 10.3 Å². The van der Waals surface area contributed by atoms with Gasteiger partial charge in [-0.3, -0.25) is 4.84 Å². The number of alkyl halides is 3. The fourth-order valence-corrected chi connectivity index (χ4v) is 2.08. The summed E-state index contributed by atoms with van der Waals surface area (Å²) in [7, 11) is 1.47. The molecule has 0 heterocycles. The first-order chi connectivity index (χ1) is 13.2. The number of halogens is 3. The monoisotopic (exact) mass is 404 g/mol. The fraction of sp³-hybridized carbons (Fsp3) is 0.444. The Morgan fingerprint density at radius 1 is 1.36 bits per heavy atom. The Kier molecular flexibility index (Phi) is 9.46. The number of oxime groups is 1. The molecule has 0 saturated carbocycles. The molecule has 28 heavy (non-hydrogen) atoms. The maximum atomic E-state index is 12.0. The largest absolute Gasteiger partial charge is 0.496 e. The number of hydrogen-bond acceptors (Lipinski definition) is 7. The Morgan fingerprint density at radius 2 is 2.04 bits per heavy atom. The van der Waals surface area contributed by atoms with E-state index < -0.39 is 24.9 Å². The van der Waals surface area contributed by atoms with Crippen LogP contribution in [0.5, 0.6) is 11.5 Å². The number of esters is 1. The first-order valence-corrected chi connectivity index (χ1v) is 8.29. The number of ether oxygens (including phenoxy) is 2. The molecule has 7 nitrogen and oxygen atoms in total. The third-order valence-corrected chi connectivity index (χ3v) is 3.33. The van der Waals surface area contributed by atoms with Crippen molar-refractivity contribution >= 4 is 11.7 Å². The molecule has 10 heteroatoms. The van der Waals surface area contributed by atoms with Crippen LogP contribution in [0.1, 0.15) is 31.9 Å². The van der Waals surface area contributed by atoms with Crippen molar-refractivity contribution in [2.45, 2.75) is 32.5 Å². The molecule has 0 saturated heterocycles. The number of methoxy groups -OCH3 is 1. The lowest BCUT2D eigenvalue weighted by molar-refractivity contribution is -0.173. The van der Waals surface area contributed by atoms with Gasteiger partial charge in [-0.1, -0.05) is 17.8 Å². The standard InChI is InChI=1S/C18H23F3N2O5/c1-5-16(24)27-15-8-6-7-14(25-4)17(15)13(3)28-22-10-9-12(2)23-26-11-18(19,20)21/h5-8,13,22H,1,9-11H2,2-4H3. The van der Waals surface area contributed by atoms with Gasteiger partial charge in [-0.15, -0.1) is 0 Å².